The van der Waals surface area contributed by atoms with Crippen molar-refractivity contribution >= 4 is 27.5 Å². The van der Waals surface area contributed by atoms with Gasteiger partial charge in [-0.25, -0.2) is 4.39 Å². The maximum absolute atomic E-state index is 12.8. The number of hydrogen-bond acceptors (Lipinski definition) is 3. The number of halogens is 2. The van der Waals surface area contributed by atoms with Gasteiger partial charge in [0.1, 0.15) is 5.82 Å². The smallest absolute Gasteiger partial charge is 0.270 e. The zero-order chi connectivity index (χ0) is 15.4. The summed E-state index contributed by atoms with van der Waals surface area (Å²) in [4.78, 5) is 22.2. The van der Waals surface area contributed by atoms with E-state index in [1.165, 1.54) is 30.3 Å². The summed E-state index contributed by atoms with van der Waals surface area (Å²) in [5, 5.41) is 13.3. The molecule has 0 radical (unpaired) electrons. The van der Waals surface area contributed by atoms with Crippen LogP contribution in [0.3, 0.4) is 0 Å². The Labute approximate surface area is 128 Å². The number of nitro groups is 1. The van der Waals surface area contributed by atoms with Crippen molar-refractivity contribution in [2.24, 2.45) is 0 Å². The number of hydrogen-bond donors (Lipinski definition) is 1. The summed E-state index contributed by atoms with van der Waals surface area (Å²) in [6.07, 6.45) is 0. The highest BCUT2D eigenvalue weighted by molar-refractivity contribution is 9.10. The SMILES string of the molecule is O=C(NCc1ccc(F)cc1)c1cc([N+](=O)[O-])ccc1Br. The van der Waals surface area contributed by atoms with Crippen molar-refractivity contribution in [1.29, 1.82) is 0 Å². The van der Waals surface area contributed by atoms with Crippen LogP contribution < -0.4 is 5.32 Å². The Hall–Kier alpha value is -2.28. The topological polar surface area (TPSA) is 72.2 Å². The van der Waals surface area contributed by atoms with Crippen LogP contribution in [0.4, 0.5) is 10.1 Å². The van der Waals surface area contributed by atoms with E-state index >= 15 is 0 Å². The van der Waals surface area contributed by atoms with Gasteiger partial charge in [0.05, 0.1) is 10.5 Å². The van der Waals surface area contributed by atoms with Gasteiger partial charge in [-0.3, -0.25) is 14.9 Å². The number of carbonyl (C=O) groups excluding carboxylic acids is 1. The van der Waals surface area contributed by atoms with Gasteiger partial charge in [0.2, 0.25) is 0 Å². The molecule has 0 atom stereocenters. The summed E-state index contributed by atoms with van der Waals surface area (Å²) in [5.41, 5.74) is 0.739. The lowest BCUT2D eigenvalue weighted by Crippen LogP contribution is -2.23. The molecule has 2 aromatic carbocycles. The lowest BCUT2D eigenvalue weighted by Gasteiger charge is -2.07. The molecule has 0 aliphatic rings. The van der Waals surface area contributed by atoms with Crippen molar-refractivity contribution in [3.8, 4) is 0 Å². The fraction of sp³-hybridized carbons (Fsp3) is 0.0714. The highest BCUT2D eigenvalue weighted by Crippen LogP contribution is 2.22. The molecule has 0 aliphatic carbocycles. The monoisotopic (exact) mass is 352 g/mol. The van der Waals surface area contributed by atoms with E-state index in [-0.39, 0.29) is 23.6 Å². The molecule has 0 spiro atoms. The lowest BCUT2D eigenvalue weighted by atomic mass is 10.1. The van der Waals surface area contributed by atoms with E-state index < -0.39 is 10.8 Å². The molecule has 2 rings (SSSR count). The van der Waals surface area contributed by atoms with Crippen LogP contribution in [0, 0.1) is 15.9 Å². The molecule has 1 N–H and O–H groups in total. The maximum atomic E-state index is 12.8. The minimum Gasteiger partial charge on any atom is -0.348 e. The number of nitrogens with one attached hydrogen (secondary N) is 1. The maximum Gasteiger partial charge on any atom is 0.270 e. The summed E-state index contributed by atoms with van der Waals surface area (Å²) < 4.78 is 13.2. The van der Waals surface area contributed by atoms with Crippen LogP contribution in [0.1, 0.15) is 15.9 Å². The number of carbonyl (C=O) groups is 1. The van der Waals surface area contributed by atoms with E-state index in [1.54, 1.807) is 12.1 Å². The molecular formula is C14H10BrFN2O3. The molecule has 0 saturated carbocycles. The molecule has 0 saturated heterocycles. The van der Waals surface area contributed by atoms with Gasteiger partial charge >= 0.3 is 0 Å². The van der Waals surface area contributed by atoms with Crippen molar-refractivity contribution in [3.05, 3.63) is 74.0 Å². The zero-order valence-electron chi connectivity index (χ0n) is 10.7. The number of nitrogens with zero attached hydrogens (tertiary/aromatic N) is 1. The summed E-state index contributed by atoms with van der Waals surface area (Å²) >= 11 is 3.18. The first-order chi connectivity index (χ1) is 9.97. The molecule has 0 heterocycles. The first kappa shape index (κ1) is 15.1. The normalized spacial score (nSPS) is 10.2. The lowest BCUT2D eigenvalue weighted by molar-refractivity contribution is -0.384. The Balaban J connectivity index is 2.11. The third-order valence-electron chi connectivity index (χ3n) is 2.77. The van der Waals surface area contributed by atoms with E-state index in [9.17, 15) is 19.3 Å². The molecule has 0 unspecified atom stereocenters. The highest BCUT2D eigenvalue weighted by atomic mass is 79.9. The first-order valence-electron chi connectivity index (χ1n) is 5.94. The quantitative estimate of drug-likeness (QED) is 0.676. The van der Waals surface area contributed by atoms with E-state index in [2.05, 4.69) is 21.2 Å². The van der Waals surface area contributed by atoms with Gasteiger partial charge < -0.3 is 5.32 Å². The van der Waals surface area contributed by atoms with Crippen LogP contribution in [0.25, 0.3) is 0 Å². The van der Waals surface area contributed by atoms with Crippen molar-refractivity contribution in [1.82, 2.24) is 5.32 Å². The Morgan fingerprint density at radius 1 is 1.24 bits per heavy atom. The summed E-state index contributed by atoms with van der Waals surface area (Å²) in [6, 6.07) is 9.65. The molecule has 108 valence electrons. The van der Waals surface area contributed by atoms with Gasteiger partial charge in [-0.1, -0.05) is 12.1 Å². The molecule has 1 amide bonds. The van der Waals surface area contributed by atoms with Crippen molar-refractivity contribution < 1.29 is 14.1 Å². The fourth-order valence-electron chi connectivity index (χ4n) is 1.68. The van der Waals surface area contributed by atoms with Gasteiger partial charge in [-0.15, -0.1) is 0 Å². The largest absolute Gasteiger partial charge is 0.348 e. The van der Waals surface area contributed by atoms with Crippen LogP contribution in [0.15, 0.2) is 46.9 Å². The zero-order valence-corrected chi connectivity index (χ0v) is 12.3. The fourth-order valence-corrected chi connectivity index (χ4v) is 2.11. The number of rotatable bonds is 4. The van der Waals surface area contributed by atoms with E-state index in [1.807, 2.05) is 0 Å². The van der Waals surface area contributed by atoms with E-state index in [4.69, 9.17) is 0 Å². The van der Waals surface area contributed by atoms with Gasteiger partial charge in [0, 0.05) is 23.2 Å². The number of amides is 1. The second kappa shape index (κ2) is 6.45. The van der Waals surface area contributed by atoms with Crippen LogP contribution in [0.2, 0.25) is 0 Å². The summed E-state index contributed by atoms with van der Waals surface area (Å²) in [5.74, 6) is -0.804. The molecule has 5 nitrogen and oxygen atoms in total. The number of benzene rings is 2. The molecule has 0 bridgehead atoms. The summed E-state index contributed by atoms with van der Waals surface area (Å²) in [6.45, 7) is 0.203. The van der Waals surface area contributed by atoms with Gasteiger partial charge in [0.15, 0.2) is 0 Å². The van der Waals surface area contributed by atoms with Gasteiger partial charge in [-0.05, 0) is 39.7 Å². The number of non-ortho nitro benzene ring substituents is 1. The van der Waals surface area contributed by atoms with Crippen molar-refractivity contribution in [3.63, 3.8) is 0 Å². The highest BCUT2D eigenvalue weighted by Gasteiger charge is 2.15. The molecule has 0 aromatic heterocycles. The van der Waals surface area contributed by atoms with Crippen LogP contribution >= 0.6 is 15.9 Å². The number of nitro benzene ring substituents is 1. The third-order valence-corrected chi connectivity index (χ3v) is 3.46. The first-order valence-corrected chi connectivity index (χ1v) is 6.73. The second-order valence-corrected chi connectivity index (χ2v) is 5.08. The predicted molar refractivity (Wildman–Crippen MR) is 78.4 cm³/mol. The average Bonchev–Trinajstić information content (AvgIpc) is 2.46. The Kier molecular flexibility index (Phi) is 4.64. The van der Waals surface area contributed by atoms with Crippen LogP contribution in [0.5, 0.6) is 0 Å². The van der Waals surface area contributed by atoms with Crippen LogP contribution in [-0.4, -0.2) is 10.8 Å². The average molecular weight is 353 g/mol. The molecule has 2 aromatic rings. The van der Waals surface area contributed by atoms with Gasteiger partial charge in [0.25, 0.3) is 11.6 Å². The van der Waals surface area contributed by atoms with Crippen molar-refractivity contribution in [2.45, 2.75) is 6.54 Å². The Bertz CT molecular complexity index is 689. The van der Waals surface area contributed by atoms with E-state index in [0.29, 0.717) is 4.47 Å². The molecular weight excluding hydrogens is 343 g/mol. The second-order valence-electron chi connectivity index (χ2n) is 4.23. The summed E-state index contributed by atoms with van der Waals surface area (Å²) in [7, 11) is 0. The van der Waals surface area contributed by atoms with Gasteiger partial charge in [-0.2, -0.15) is 0 Å². The Morgan fingerprint density at radius 3 is 2.52 bits per heavy atom. The van der Waals surface area contributed by atoms with Crippen LogP contribution in [-0.2, 0) is 6.54 Å². The minimum atomic E-state index is -0.566. The third kappa shape index (κ3) is 3.85. The van der Waals surface area contributed by atoms with E-state index in [0.717, 1.165) is 5.56 Å². The predicted octanol–water partition coefficient (Wildman–Crippen LogP) is 3.43. The van der Waals surface area contributed by atoms with Crippen molar-refractivity contribution in [2.75, 3.05) is 0 Å². The molecule has 0 fully saturated rings. The molecule has 21 heavy (non-hydrogen) atoms. The minimum absolute atomic E-state index is 0.162. The molecule has 0 aliphatic heterocycles. The molecule has 7 heteroatoms. The standard InChI is InChI=1S/C14H10BrFN2O3/c15-13-6-5-11(18(20)21)7-12(13)14(19)17-8-9-1-3-10(16)4-2-9/h1-7H,8H2,(H,17,19). The Morgan fingerprint density at radius 2 is 1.90 bits per heavy atom.